The molecule has 1 saturated carbocycles. The van der Waals surface area contributed by atoms with E-state index < -0.39 is 11.3 Å². The first kappa shape index (κ1) is 14.8. The maximum Gasteiger partial charge on any atom is 0.255 e. The smallest absolute Gasteiger partial charge is 0.255 e. The number of likely N-dealkylation sites (tertiary alicyclic amines) is 1. The van der Waals surface area contributed by atoms with Crippen molar-refractivity contribution in [3.63, 3.8) is 0 Å². The molecule has 1 spiro atoms. The van der Waals surface area contributed by atoms with Crippen LogP contribution in [0, 0.1) is 5.41 Å². The lowest BCUT2D eigenvalue weighted by molar-refractivity contribution is 0.0672. The quantitative estimate of drug-likeness (QED) is 0.601. The van der Waals surface area contributed by atoms with Crippen LogP contribution >= 0.6 is 0 Å². The van der Waals surface area contributed by atoms with Crippen molar-refractivity contribution in [3.8, 4) is 0 Å². The predicted molar refractivity (Wildman–Crippen MR) is 61.4 cm³/mol. The molecule has 1 aliphatic carbocycles. The van der Waals surface area contributed by atoms with Crippen LogP contribution < -0.4 is 0 Å². The van der Waals surface area contributed by atoms with Crippen LogP contribution in [0.5, 0.6) is 0 Å². The highest BCUT2D eigenvalue weighted by molar-refractivity contribution is 5.15. The lowest BCUT2D eigenvalue weighted by atomic mass is 10.0. The van der Waals surface area contributed by atoms with Gasteiger partial charge in [-0.3, -0.25) is 0 Å². The molecule has 2 rings (SSSR count). The molecule has 15 heavy (non-hydrogen) atoms. The van der Waals surface area contributed by atoms with Gasteiger partial charge in [-0.1, -0.05) is 27.7 Å². The van der Waals surface area contributed by atoms with Gasteiger partial charge in [0.2, 0.25) is 0 Å². The van der Waals surface area contributed by atoms with Crippen molar-refractivity contribution in [1.29, 1.82) is 0 Å². The summed E-state index contributed by atoms with van der Waals surface area (Å²) >= 11 is 0. The average molecular weight is 221 g/mol. The van der Waals surface area contributed by atoms with E-state index in [1.165, 1.54) is 0 Å². The molecule has 1 aliphatic heterocycles. The van der Waals surface area contributed by atoms with E-state index in [0.717, 1.165) is 0 Å². The van der Waals surface area contributed by atoms with E-state index in [9.17, 15) is 8.78 Å². The van der Waals surface area contributed by atoms with Crippen molar-refractivity contribution >= 4 is 0 Å². The van der Waals surface area contributed by atoms with Crippen molar-refractivity contribution in [2.24, 2.45) is 5.41 Å². The summed E-state index contributed by atoms with van der Waals surface area (Å²) in [5.41, 5.74) is -0.624. The van der Waals surface area contributed by atoms with Crippen LogP contribution in [0.2, 0.25) is 0 Å². The molecule has 3 heteroatoms. The Bertz CT molecular complexity index is 182. The molecule has 0 aromatic carbocycles. The van der Waals surface area contributed by atoms with Crippen molar-refractivity contribution in [2.45, 2.75) is 59.4 Å². The molecule has 0 aromatic rings. The molecular formula is C12H25F2N. The summed E-state index contributed by atoms with van der Waals surface area (Å²) in [6.45, 7) is 10.6. The molecule has 0 N–H and O–H groups in total. The molecule has 1 saturated heterocycles. The molecule has 0 bridgehead atoms. The molecule has 2 aliphatic rings. The third-order valence-corrected chi connectivity index (χ3v) is 3.20. The topological polar surface area (TPSA) is 3.24 Å². The second-order valence-electron chi connectivity index (χ2n) is 4.13. The van der Waals surface area contributed by atoms with Gasteiger partial charge in [0.25, 0.3) is 5.92 Å². The molecule has 1 nitrogen and oxygen atoms in total. The highest BCUT2D eigenvalue weighted by Crippen LogP contribution is 2.65. The molecule has 0 radical (unpaired) electrons. The van der Waals surface area contributed by atoms with Gasteiger partial charge in [-0.25, -0.2) is 8.78 Å². The normalized spacial score (nSPS) is 36.4. The molecular weight excluding hydrogens is 196 g/mol. The van der Waals surface area contributed by atoms with E-state index >= 15 is 0 Å². The van der Waals surface area contributed by atoms with Gasteiger partial charge < -0.3 is 4.90 Å². The number of nitrogens with zero attached hydrogens (tertiary/aromatic N) is 1. The van der Waals surface area contributed by atoms with E-state index in [2.05, 4.69) is 0 Å². The van der Waals surface area contributed by atoms with Crippen molar-refractivity contribution < 1.29 is 8.78 Å². The van der Waals surface area contributed by atoms with E-state index in [1.807, 2.05) is 46.6 Å². The summed E-state index contributed by atoms with van der Waals surface area (Å²) in [6.07, 6.45) is 0.797. The lowest BCUT2D eigenvalue weighted by Crippen LogP contribution is -2.22. The Morgan fingerprint density at radius 3 is 1.67 bits per heavy atom. The summed E-state index contributed by atoms with van der Waals surface area (Å²) in [6, 6.07) is 0.336. The first-order valence-electron chi connectivity index (χ1n) is 6.05. The van der Waals surface area contributed by atoms with E-state index in [1.54, 1.807) is 0 Å². The second kappa shape index (κ2) is 5.24. The zero-order chi connectivity index (χ0) is 12.3. The fraction of sp³-hybridized carbons (Fsp3) is 1.00. The molecule has 0 aromatic heterocycles. The summed E-state index contributed by atoms with van der Waals surface area (Å²) < 4.78 is 25.6. The zero-order valence-corrected chi connectivity index (χ0v) is 10.9. The van der Waals surface area contributed by atoms with E-state index in [4.69, 9.17) is 0 Å². The van der Waals surface area contributed by atoms with Crippen LogP contribution in [0.25, 0.3) is 0 Å². The first-order chi connectivity index (χ1) is 6.97. The monoisotopic (exact) mass is 221 g/mol. The van der Waals surface area contributed by atoms with Crippen LogP contribution in [-0.2, 0) is 0 Å². The number of halogens is 2. The summed E-state index contributed by atoms with van der Waals surface area (Å²) in [5.74, 6) is -2.36. The third kappa shape index (κ3) is 2.68. The first-order valence-corrected chi connectivity index (χ1v) is 6.05. The SMILES string of the molecule is CC.CC.CC1CC2(CN1C)CC2(F)F. The minimum atomic E-state index is -2.36. The molecule has 2 atom stereocenters. The average Bonchev–Trinajstić information content (AvgIpc) is 2.58. The molecule has 92 valence electrons. The molecule has 2 unspecified atom stereocenters. The minimum Gasteiger partial charge on any atom is -0.303 e. The maximum atomic E-state index is 12.8. The minimum absolute atomic E-state index is 0.120. The van der Waals surface area contributed by atoms with Crippen molar-refractivity contribution in [1.82, 2.24) is 4.90 Å². The zero-order valence-electron chi connectivity index (χ0n) is 10.9. The van der Waals surface area contributed by atoms with Gasteiger partial charge in [0.15, 0.2) is 0 Å². The standard InChI is InChI=1S/C8H13F2N.2C2H6/c1-6-3-7(5-11(6)2)4-8(7,9)10;2*1-2/h6H,3-5H2,1-2H3;2*1-2H3. The van der Waals surface area contributed by atoms with Crippen molar-refractivity contribution in [3.05, 3.63) is 0 Å². The highest BCUT2D eigenvalue weighted by Gasteiger charge is 2.73. The van der Waals surface area contributed by atoms with Crippen molar-refractivity contribution in [2.75, 3.05) is 13.6 Å². The van der Waals surface area contributed by atoms with Crippen LogP contribution in [0.1, 0.15) is 47.5 Å². The van der Waals surface area contributed by atoms with Crippen LogP contribution in [0.15, 0.2) is 0 Å². The Labute approximate surface area is 92.8 Å². The van der Waals surface area contributed by atoms with E-state index in [-0.39, 0.29) is 6.42 Å². The third-order valence-electron chi connectivity index (χ3n) is 3.20. The molecule has 0 amide bonds. The summed E-state index contributed by atoms with van der Waals surface area (Å²) in [5, 5.41) is 0. The van der Waals surface area contributed by atoms with Gasteiger partial charge in [-0.2, -0.15) is 0 Å². The number of hydrogen-bond acceptors (Lipinski definition) is 1. The fourth-order valence-electron chi connectivity index (χ4n) is 2.19. The number of hydrogen-bond donors (Lipinski definition) is 0. The van der Waals surface area contributed by atoms with Gasteiger partial charge >= 0.3 is 0 Å². The van der Waals surface area contributed by atoms with Gasteiger partial charge in [0.1, 0.15) is 0 Å². The lowest BCUT2D eigenvalue weighted by Gasteiger charge is -2.12. The molecule has 2 fully saturated rings. The van der Waals surface area contributed by atoms with Crippen LogP contribution in [0.3, 0.4) is 0 Å². The molecule has 1 heterocycles. The van der Waals surface area contributed by atoms with Gasteiger partial charge in [-0.05, 0) is 20.4 Å². The summed E-state index contributed by atoms with van der Waals surface area (Å²) in [7, 11) is 1.92. The number of alkyl halides is 2. The second-order valence-corrected chi connectivity index (χ2v) is 4.13. The van der Waals surface area contributed by atoms with Crippen LogP contribution in [-0.4, -0.2) is 30.5 Å². The Morgan fingerprint density at radius 2 is 1.53 bits per heavy atom. The maximum absolute atomic E-state index is 12.8. The van der Waals surface area contributed by atoms with Gasteiger partial charge in [-0.15, -0.1) is 0 Å². The summed E-state index contributed by atoms with van der Waals surface area (Å²) in [4.78, 5) is 2.03. The van der Waals surface area contributed by atoms with Gasteiger partial charge in [0, 0.05) is 19.0 Å². The Balaban J connectivity index is 0.000000442. The van der Waals surface area contributed by atoms with Crippen LogP contribution in [0.4, 0.5) is 8.78 Å². The van der Waals surface area contributed by atoms with E-state index in [0.29, 0.717) is 19.0 Å². The Hall–Kier alpha value is -0.180. The number of rotatable bonds is 0. The van der Waals surface area contributed by atoms with Gasteiger partial charge in [0.05, 0.1) is 5.41 Å². The Morgan fingerprint density at radius 1 is 1.13 bits per heavy atom. The fourth-order valence-corrected chi connectivity index (χ4v) is 2.19. The highest BCUT2D eigenvalue weighted by atomic mass is 19.3. The predicted octanol–water partition coefficient (Wildman–Crippen LogP) is 3.79. The largest absolute Gasteiger partial charge is 0.303 e. The Kier molecular flexibility index (Phi) is 5.18.